The van der Waals surface area contributed by atoms with Crippen molar-refractivity contribution in [2.75, 3.05) is 19.6 Å². The van der Waals surface area contributed by atoms with E-state index < -0.39 is 10.8 Å². The SMILES string of the molecule is O=C(NCCC1=CCN(Cc2ccc(F)cc2)CC1)c1noc(-c2ccc([N+](=O)[O-])cc2)n1. The summed E-state index contributed by atoms with van der Waals surface area (Å²) in [6.07, 6.45) is 3.80. The van der Waals surface area contributed by atoms with Gasteiger partial charge in [-0.3, -0.25) is 19.8 Å². The summed E-state index contributed by atoms with van der Waals surface area (Å²) < 4.78 is 18.1. The molecule has 1 amide bonds. The molecule has 33 heavy (non-hydrogen) atoms. The first kappa shape index (κ1) is 22.3. The number of halogens is 1. The predicted molar refractivity (Wildman–Crippen MR) is 118 cm³/mol. The smallest absolute Gasteiger partial charge is 0.292 e. The van der Waals surface area contributed by atoms with Gasteiger partial charge in [0.25, 0.3) is 23.3 Å². The number of nitro groups is 1. The second-order valence-electron chi connectivity index (χ2n) is 7.71. The van der Waals surface area contributed by atoms with Crippen LogP contribution in [0.5, 0.6) is 0 Å². The number of hydrogen-bond donors (Lipinski definition) is 1. The van der Waals surface area contributed by atoms with Crippen molar-refractivity contribution in [3.63, 3.8) is 0 Å². The average Bonchev–Trinajstić information content (AvgIpc) is 3.32. The highest BCUT2D eigenvalue weighted by molar-refractivity contribution is 5.90. The Morgan fingerprint density at radius 3 is 2.61 bits per heavy atom. The summed E-state index contributed by atoms with van der Waals surface area (Å²) >= 11 is 0. The Morgan fingerprint density at radius 2 is 1.94 bits per heavy atom. The van der Waals surface area contributed by atoms with Crippen LogP contribution in [0.3, 0.4) is 0 Å². The number of nitrogens with one attached hydrogen (secondary N) is 1. The van der Waals surface area contributed by atoms with Crippen molar-refractivity contribution in [2.24, 2.45) is 0 Å². The number of non-ortho nitro benzene ring substituents is 1. The lowest BCUT2D eigenvalue weighted by Crippen LogP contribution is -2.30. The zero-order valence-electron chi connectivity index (χ0n) is 17.7. The first-order valence-electron chi connectivity index (χ1n) is 10.5. The van der Waals surface area contributed by atoms with Crippen LogP contribution in [0.15, 0.2) is 64.7 Å². The summed E-state index contributed by atoms with van der Waals surface area (Å²) in [5, 5.41) is 17.2. The molecule has 1 N–H and O–H groups in total. The van der Waals surface area contributed by atoms with E-state index in [9.17, 15) is 19.3 Å². The molecule has 0 spiro atoms. The van der Waals surface area contributed by atoms with Crippen LogP contribution in [0.25, 0.3) is 11.5 Å². The number of carbonyl (C=O) groups excluding carboxylic acids is 1. The molecule has 0 saturated carbocycles. The summed E-state index contributed by atoms with van der Waals surface area (Å²) in [6.45, 7) is 2.93. The molecule has 0 radical (unpaired) electrons. The van der Waals surface area contributed by atoms with Crippen molar-refractivity contribution in [1.29, 1.82) is 0 Å². The highest BCUT2D eigenvalue weighted by Gasteiger charge is 2.17. The molecule has 1 aliphatic heterocycles. The van der Waals surface area contributed by atoms with Gasteiger partial charge in [0, 0.05) is 43.9 Å². The molecule has 3 aromatic rings. The van der Waals surface area contributed by atoms with Gasteiger partial charge in [-0.1, -0.05) is 28.9 Å². The van der Waals surface area contributed by atoms with Crippen LogP contribution in [0, 0.1) is 15.9 Å². The van der Waals surface area contributed by atoms with E-state index in [0.29, 0.717) is 12.1 Å². The van der Waals surface area contributed by atoms with Gasteiger partial charge < -0.3 is 9.84 Å². The van der Waals surface area contributed by atoms with Crippen molar-refractivity contribution in [3.8, 4) is 11.5 Å². The van der Waals surface area contributed by atoms with E-state index in [4.69, 9.17) is 4.52 Å². The van der Waals surface area contributed by atoms with Crippen LogP contribution in [0.2, 0.25) is 0 Å². The fraction of sp³-hybridized carbons (Fsp3) is 0.261. The Labute approximate surface area is 189 Å². The van der Waals surface area contributed by atoms with Crippen molar-refractivity contribution in [3.05, 3.63) is 87.5 Å². The second kappa shape index (κ2) is 10.1. The van der Waals surface area contributed by atoms with E-state index in [1.54, 1.807) is 12.1 Å². The topological polar surface area (TPSA) is 114 Å². The standard InChI is InChI=1S/C23H22FN5O4/c24-19-5-1-17(2-6-19)15-28-13-10-16(11-14-28)9-12-25-22(30)21-26-23(33-27-21)18-3-7-20(8-4-18)29(31)32/h1-8,10H,9,11-15H2,(H,25,30). The van der Waals surface area contributed by atoms with E-state index in [2.05, 4.69) is 26.4 Å². The molecule has 0 atom stereocenters. The monoisotopic (exact) mass is 451 g/mol. The maximum atomic E-state index is 13.0. The molecule has 9 nitrogen and oxygen atoms in total. The largest absolute Gasteiger partial charge is 0.349 e. The van der Waals surface area contributed by atoms with Gasteiger partial charge in [-0.15, -0.1) is 0 Å². The Bertz CT molecular complexity index is 1160. The van der Waals surface area contributed by atoms with E-state index in [1.807, 2.05) is 0 Å². The van der Waals surface area contributed by atoms with Crippen LogP contribution in [-0.2, 0) is 6.54 Å². The van der Waals surface area contributed by atoms with Crippen LogP contribution >= 0.6 is 0 Å². The fourth-order valence-electron chi connectivity index (χ4n) is 3.55. The van der Waals surface area contributed by atoms with Crippen LogP contribution in [0.1, 0.15) is 29.0 Å². The van der Waals surface area contributed by atoms with E-state index in [-0.39, 0.29) is 23.2 Å². The number of carbonyl (C=O) groups is 1. The van der Waals surface area contributed by atoms with Crippen LogP contribution in [-0.4, -0.2) is 45.5 Å². The molecule has 2 heterocycles. The summed E-state index contributed by atoms with van der Waals surface area (Å²) in [4.78, 5) is 28.9. The zero-order chi connectivity index (χ0) is 23.2. The average molecular weight is 451 g/mol. The maximum Gasteiger partial charge on any atom is 0.292 e. The molecule has 0 unspecified atom stereocenters. The predicted octanol–water partition coefficient (Wildman–Crippen LogP) is 3.74. The molecule has 2 aromatic carbocycles. The highest BCUT2D eigenvalue weighted by Crippen LogP contribution is 2.21. The van der Waals surface area contributed by atoms with Gasteiger partial charge in [0.1, 0.15) is 5.82 Å². The molecule has 170 valence electrons. The third-order valence-electron chi connectivity index (χ3n) is 5.39. The number of nitrogens with zero attached hydrogens (tertiary/aromatic N) is 4. The van der Waals surface area contributed by atoms with Crippen molar-refractivity contribution in [2.45, 2.75) is 19.4 Å². The van der Waals surface area contributed by atoms with Crippen molar-refractivity contribution < 1.29 is 18.6 Å². The minimum absolute atomic E-state index is 0.0492. The van der Waals surface area contributed by atoms with Crippen LogP contribution in [0.4, 0.5) is 10.1 Å². The van der Waals surface area contributed by atoms with Gasteiger partial charge in [0.05, 0.1) is 4.92 Å². The lowest BCUT2D eigenvalue weighted by Gasteiger charge is -2.26. The summed E-state index contributed by atoms with van der Waals surface area (Å²) in [5.74, 6) is -0.649. The first-order valence-corrected chi connectivity index (χ1v) is 10.5. The van der Waals surface area contributed by atoms with Gasteiger partial charge in [0.15, 0.2) is 0 Å². The van der Waals surface area contributed by atoms with Crippen molar-refractivity contribution in [1.82, 2.24) is 20.4 Å². The maximum absolute atomic E-state index is 13.0. The zero-order valence-corrected chi connectivity index (χ0v) is 17.7. The third kappa shape index (κ3) is 5.86. The molecule has 4 rings (SSSR count). The number of benzene rings is 2. The molecular formula is C23H22FN5O4. The van der Waals surface area contributed by atoms with E-state index in [0.717, 1.165) is 38.0 Å². The number of rotatable bonds is 8. The Kier molecular flexibility index (Phi) is 6.84. The minimum Gasteiger partial charge on any atom is -0.349 e. The number of hydrogen-bond acceptors (Lipinski definition) is 7. The molecule has 0 bridgehead atoms. The quantitative estimate of drug-likeness (QED) is 0.315. The normalized spacial score (nSPS) is 14.0. The minimum atomic E-state index is -0.499. The molecule has 1 aromatic heterocycles. The third-order valence-corrected chi connectivity index (χ3v) is 5.39. The van der Waals surface area contributed by atoms with E-state index in [1.165, 1.54) is 42.0 Å². The summed E-state index contributed by atoms with van der Waals surface area (Å²) in [5.41, 5.74) is 2.79. The molecule has 0 fully saturated rings. The number of amides is 1. The molecule has 10 heteroatoms. The highest BCUT2D eigenvalue weighted by atomic mass is 19.1. The lowest BCUT2D eigenvalue weighted by atomic mass is 10.0. The second-order valence-corrected chi connectivity index (χ2v) is 7.71. The van der Waals surface area contributed by atoms with Gasteiger partial charge in [0.2, 0.25) is 0 Å². The Balaban J connectivity index is 1.23. The first-order chi connectivity index (χ1) is 16.0. The molecule has 0 saturated heterocycles. The van der Waals surface area contributed by atoms with Gasteiger partial charge in [-0.25, -0.2) is 4.39 Å². The summed E-state index contributed by atoms with van der Waals surface area (Å²) in [7, 11) is 0. The van der Waals surface area contributed by atoms with Gasteiger partial charge in [-0.05, 0) is 42.7 Å². The van der Waals surface area contributed by atoms with Crippen molar-refractivity contribution >= 4 is 11.6 Å². The number of aromatic nitrogens is 2. The fourth-order valence-corrected chi connectivity index (χ4v) is 3.55. The Hall–Kier alpha value is -3.92. The van der Waals surface area contributed by atoms with E-state index >= 15 is 0 Å². The Morgan fingerprint density at radius 1 is 1.18 bits per heavy atom. The van der Waals surface area contributed by atoms with Crippen LogP contribution < -0.4 is 5.32 Å². The number of nitro benzene ring substituents is 1. The van der Waals surface area contributed by atoms with Gasteiger partial charge >= 0.3 is 0 Å². The lowest BCUT2D eigenvalue weighted by molar-refractivity contribution is -0.384. The molecule has 0 aliphatic carbocycles. The molecular weight excluding hydrogens is 429 g/mol. The molecule has 1 aliphatic rings. The van der Waals surface area contributed by atoms with Gasteiger partial charge in [-0.2, -0.15) is 4.98 Å². The summed E-state index contributed by atoms with van der Waals surface area (Å²) in [6, 6.07) is 12.2.